The maximum Gasteiger partial charge on any atom is 0.274 e. The maximum atomic E-state index is 12.9. The molecule has 1 aliphatic heterocycles. The molecule has 5 nitrogen and oxygen atoms in total. The highest BCUT2D eigenvalue weighted by Gasteiger charge is 2.30. The summed E-state index contributed by atoms with van der Waals surface area (Å²) >= 11 is 7.65. The lowest BCUT2D eigenvalue weighted by Gasteiger charge is -2.30. The summed E-state index contributed by atoms with van der Waals surface area (Å²) in [6, 6.07) is 12.9. The van der Waals surface area contributed by atoms with Gasteiger partial charge in [0.15, 0.2) is 0 Å². The number of para-hydroxylation sites is 1. The van der Waals surface area contributed by atoms with Gasteiger partial charge in [-0.2, -0.15) is 4.31 Å². The third-order valence-electron chi connectivity index (χ3n) is 5.12. The normalized spacial score (nSPS) is 16.3. The Morgan fingerprint density at radius 1 is 1.17 bits per heavy atom. The molecule has 0 bridgehead atoms. The van der Waals surface area contributed by atoms with Gasteiger partial charge in [-0.15, -0.1) is 0 Å². The van der Waals surface area contributed by atoms with E-state index in [1.165, 1.54) is 11.3 Å². The van der Waals surface area contributed by atoms with Gasteiger partial charge >= 0.3 is 0 Å². The minimum atomic E-state index is -3.47. The molecule has 4 rings (SSSR count). The van der Waals surface area contributed by atoms with Gasteiger partial charge in [-0.3, -0.25) is 0 Å². The highest BCUT2D eigenvalue weighted by atomic mass is 35.5. The van der Waals surface area contributed by atoms with Crippen molar-refractivity contribution in [1.29, 1.82) is 0 Å². The number of hydrogen-bond acceptors (Lipinski definition) is 5. The summed E-state index contributed by atoms with van der Waals surface area (Å²) in [5.41, 5.74) is 1.91. The molecule has 1 aliphatic rings. The van der Waals surface area contributed by atoms with E-state index in [4.69, 9.17) is 16.3 Å². The first-order valence-corrected chi connectivity index (χ1v) is 12.4. The zero-order valence-corrected chi connectivity index (χ0v) is 18.6. The summed E-state index contributed by atoms with van der Waals surface area (Å²) in [7, 11) is -3.47. The van der Waals surface area contributed by atoms with E-state index in [1.807, 2.05) is 30.3 Å². The van der Waals surface area contributed by atoms with E-state index in [0.717, 1.165) is 28.6 Å². The van der Waals surface area contributed by atoms with Crippen LogP contribution in [-0.4, -0.2) is 36.9 Å². The maximum absolute atomic E-state index is 12.9. The van der Waals surface area contributed by atoms with Crippen LogP contribution >= 0.6 is 22.9 Å². The van der Waals surface area contributed by atoms with E-state index in [-0.39, 0.29) is 6.10 Å². The average molecular weight is 451 g/mol. The fourth-order valence-electron chi connectivity index (χ4n) is 3.54. The van der Waals surface area contributed by atoms with Crippen LogP contribution in [0.25, 0.3) is 10.2 Å². The Bertz CT molecular complexity index is 1090. The summed E-state index contributed by atoms with van der Waals surface area (Å²) < 4.78 is 34.4. The molecular formula is C21H23ClN2O3S2. The second-order valence-corrected chi connectivity index (χ2v) is 10.5. The molecular weight excluding hydrogens is 428 g/mol. The van der Waals surface area contributed by atoms with Crippen LogP contribution in [-0.2, 0) is 16.4 Å². The Kier molecular flexibility index (Phi) is 6.11. The molecule has 1 saturated heterocycles. The Balaban J connectivity index is 1.39. The second kappa shape index (κ2) is 8.60. The summed E-state index contributed by atoms with van der Waals surface area (Å²) in [5.74, 6) is 0. The van der Waals surface area contributed by atoms with Crippen molar-refractivity contribution in [2.24, 2.45) is 0 Å². The largest absolute Gasteiger partial charge is 0.467 e. The van der Waals surface area contributed by atoms with Gasteiger partial charge in [0.1, 0.15) is 11.6 Å². The smallest absolute Gasteiger partial charge is 0.274 e. The SMILES string of the molecule is CCCc1ccc(S(=O)(=O)N2CCC(Oc3nc4c(Cl)cccc4s3)CC2)cc1. The first-order chi connectivity index (χ1) is 14.0. The van der Waals surface area contributed by atoms with Gasteiger partial charge in [-0.25, -0.2) is 13.4 Å². The lowest BCUT2D eigenvalue weighted by Crippen LogP contribution is -2.41. The van der Waals surface area contributed by atoms with Crippen LogP contribution in [0.3, 0.4) is 0 Å². The fraction of sp³-hybridized carbons (Fsp3) is 0.381. The van der Waals surface area contributed by atoms with Gasteiger partial charge in [-0.05, 0) is 49.1 Å². The molecule has 29 heavy (non-hydrogen) atoms. The average Bonchev–Trinajstić information content (AvgIpc) is 3.13. The van der Waals surface area contributed by atoms with Gasteiger partial charge in [0.25, 0.3) is 5.19 Å². The Hall–Kier alpha value is -1.67. The summed E-state index contributed by atoms with van der Waals surface area (Å²) in [5, 5.41) is 1.19. The lowest BCUT2D eigenvalue weighted by atomic mass is 10.1. The third kappa shape index (κ3) is 4.43. The minimum absolute atomic E-state index is 0.0484. The monoisotopic (exact) mass is 450 g/mol. The van der Waals surface area contributed by atoms with Crippen molar-refractivity contribution in [1.82, 2.24) is 9.29 Å². The number of halogens is 1. The number of piperidine rings is 1. The lowest BCUT2D eigenvalue weighted by molar-refractivity contribution is 0.135. The molecule has 0 saturated carbocycles. The molecule has 0 atom stereocenters. The predicted molar refractivity (Wildman–Crippen MR) is 117 cm³/mol. The minimum Gasteiger partial charge on any atom is -0.467 e. The predicted octanol–water partition coefficient (Wildman–Crippen LogP) is 5.13. The van der Waals surface area contributed by atoms with Crippen molar-refractivity contribution in [3.63, 3.8) is 0 Å². The van der Waals surface area contributed by atoms with Gasteiger partial charge in [-0.1, -0.05) is 54.5 Å². The summed E-state index contributed by atoms with van der Waals surface area (Å²) in [6.45, 7) is 2.99. The van der Waals surface area contributed by atoms with Crippen molar-refractivity contribution in [2.75, 3.05) is 13.1 Å². The molecule has 0 amide bonds. The molecule has 2 heterocycles. The molecule has 8 heteroatoms. The number of fused-ring (bicyclic) bond motifs is 1. The summed E-state index contributed by atoms with van der Waals surface area (Å²) in [4.78, 5) is 4.84. The van der Waals surface area contributed by atoms with Crippen LogP contribution in [0.4, 0.5) is 0 Å². The zero-order valence-electron chi connectivity index (χ0n) is 16.2. The van der Waals surface area contributed by atoms with Crippen LogP contribution in [0.5, 0.6) is 5.19 Å². The third-order valence-corrected chi connectivity index (χ3v) is 8.25. The highest BCUT2D eigenvalue weighted by Crippen LogP contribution is 2.33. The van der Waals surface area contributed by atoms with Crippen molar-refractivity contribution < 1.29 is 13.2 Å². The molecule has 2 aromatic carbocycles. The van der Waals surface area contributed by atoms with Crippen molar-refractivity contribution in [3.8, 4) is 5.19 Å². The van der Waals surface area contributed by atoms with Crippen LogP contribution in [0.2, 0.25) is 5.02 Å². The number of benzene rings is 2. The second-order valence-electron chi connectivity index (χ2n) is 7.18. The number of nitrogens with zero attached hydrogens (tertiary/aromatic N) is 2. The number of thiazole rings is 1. The zero-order chi connectivity index (χ0) is 20.4. The Morgan fingerprint density at radius 3 is 2.55 bits per heavy atom. The van der Waals surface area contributed by atoms with Crippen LogP contribution in [0.15, 0.2) is 47.4 Å². The molecule has 0 spiro atoms. The molecule has 1 fully saturated rings. The number of hydrogen-bond donors (Lipinski definition) is 0. The van der Waals surface area contributed by atoms with Crippen LogP contribution in [0.1, 0.15) is 31.7 Å². The van der Waals surface area contributed by atoms with Crippen LogP contribution in [0, 0.1) is 0 Å². The highest BCUT2D eigenvalue weighted by molar-refractivity contribution is 7.89. The van der Waals surface area contributed by atoms with E-state index in [1.54, 1.807) is 16.4 Å². The fourth-order valence-corrected chi connectivity index (χ4v) is 6.19. The Morgan fingerprint density at radius 2 is 1.90 bits per heavy atom. The number of aryl methyl sites for hydroxylation is 1. The van der Waals surface area contributed by atoms with Gasteiger partial charge in [0.05, 0.1) is 14.6 Å². The number of rotatable bonds is 6. The van der Waals surface area contributed by atoms with E-state index in [2.05, 4.69) is 11.9 Å². The number of sulfonamides is 1. The Labute approximate surface area is 180 Å². The first kappa shape index (κ1) is 20.6. The molecule has 0 unspecified atom stereocenters. The molecule has 3 aromatic rings. The number of ether oxygens (including phenoxy) is 1. The van der Waals surface area contributed by atoms with Crippen molar-refractivity contribution in [3.05, 3.63) is 53.1 Å². The molecule has 1 aromatic heterocycles. The quantitative estimate of drug-likeness (QED) is 0.522. The van der Waals surface area contributed by atoms with Gasteiger partial charge in [0, 0.05) is 13.1 Å². The van der Waals surface area contributed by atoms with Gasteiger partial charge < -0.3 is 4.74 Å². The first-order valence-electron chi connectivity index (χ1n) is 9.78. The molecule has 0 radical (unpaired) electrons. The summed E-state index contributed by atoms with van der Waals surface area (Å²) in [6.07, 6.45) is 3.22. The van der Waals surface area contributed by atoms with Crippen molar-refractivity contribution >= 4 is 43.2 Å². The molecule has 0 aliphatic carbocycles. The topological polar surface area (TPSA) is 59.5 Å². The van der Waals surface area contributed by atoms with Crippen LogP contribution < -0.4 is 4.74 Å². The molecule has 154 valence electrons. The molecule has 0 N–H and O–H groups in total. The van der Waals surface area contributed by atoms with Crippen molar-refractivity contribution in [2.45, 2.75) is 43.6 Å². The van der Waals surface area contributed by atoms with Gasteiger partial charge in [0.2, 0.25) is 10.0 Å². The van der Waals surface area contributed by atoms with E-state index >= 15 is 0 Å². The van der Waals surface area contributed by atoms with E-state index < -0.39 is 10.0 Å². The standard InChI is InChI=1S/C21H23ClN2O3S2/c1-2-4-15-7-9-17(10-8-15)29(25,26)24-13-11-16(12-14-24)27-21-23-20-18(22)5-3-6-19(20)28-21/h3,5-10,16H,2,4,11-14H2,1H3. The van der Waals surface area contributed by atoms with E-state index in [9.17, 15) is 8.42 Å². The van der Waals surface area contributed by atoms with E-state index in [0.29, 0.717) is 41.0 Å². The number of aromatic nitrogens is 1.